The van der Waals surface area contributed by atoms with Gasteiger partial charge in [0.2, 0.25) is 0 Å². The van der Waals surface area contributed by atoms with E-state index in [1.807, 2.05) is 0 Å². The fourth-order valence-electron chi connectivity index (χ4n) is 1.31. The largest absolute Gasteiger partial charge is 0.395 e. The van der Waals surface area contributed by atoms with Gasteiger partial charge in [0, 0.05) is 13.2 Å². The van der Waals surface area contributed by atoms with E-state index in [0.29, 0.717) is 39.6 Å². The molecular formula is C13H29NO5. The van der Waals surface area contributed by atoms with E-state index in [9.17, 15) is 0 Å². The standard InChI is InChI=1S/C13H29NO5/c1-2-3-5-17-7-9-19-10-8-18-6-4-14-13(11-15)12-16/h13-16H,2-12H2,1H3. The van der Waals surface area contributed by atoms with E-state index in [0.717, 1.165) is 19.4 Å². The topological polar surface area (TPSA) is 80.2 Å². The van der Waals surface area contributed by atoms with Gasteiger partial charge >= 0.3 is 0 Å². The van der Waals surface area contributed by atoms with Crippen LogP contribution in [-0.2, 0) is 14.2 Å². The van der Waals surface area contributed by atoms with E-state index < -0.39 is 0 Å². The molecule has 0 aromatic carbocycles. The zero-order valence-electron chi connectivity index (χ0n) is 12.0. The maximum atomic E-state index is 8.81. The number of ether oxygens (including phenoxy) is 3. The number of unbranched alkanes of at least 4 members (excludes halogenated alkanes) is 1. The van der Waals surface area contributed by atoms with Gasteiger partial charge in [-0.2, -0.15) is 0 Å². The number of aliphatic hydroxyl groups is 2. The Kier molecular flexibility index (Phi) is 15.6. The molecule has 0 radical (unpaired) electrons. The molecule has 0 aliphatic carbocycles. The van der Waals surface area contributed by atoms with Gasteiger partial charge in [-0.15, -0.1) is 0 Å². The summed E-state index contributed by atoms with van der Waals surface area (Å²) in [6, 6.07) is -0.264. The summed E-state index contributed by atoms with van der Waals surface area (Å²) in [5.74, 6) is 0. The van der Waals surface area contributed by atoms with Crippen LogP contribution in [0.25, 0.3) is 0 Å². The molecule has 0 aromatic heterocycles. The van der Waals surface area contributed by atoms with E-state index >= 15 is 0 Å². The third-order valence-electron chi connectivity index (χ3n) is 2.51. The Morgan fingerprint density at radius 2 is 1.37 bits per heavy atom. The molecule has 0 bridgehead atoms. The van der Waals surface area contributed by atoms with Crippen LogP contribution < -0.4 is 5.32 Å². The first-order valence-corrected chi connectivity index (χ1v) is 7.03. The molecule has 0 rings (SSSR count). The average molecular weight is 279 g/mol. The average Bonchev–Trinajstić information content (AvgIpc) is 2.44. The first-order valence-electron chi connectivity index (χ1n) is 7.03. The zero-order valence-corrected chi connectivity index (χ0v) is 12.0. The van der Waals surface area contributed by atoms with Gasteiger partial charge in [0.25, 0.3) is 0 Å². The molecule has 0 aromatic rings. The highest BCUT2D eigenvalue weighted by atomic mass is 16.5. The maximum absolute atomic E-state index is 8.81. The molecule has 3 N–H and O–H groups in total. The molecule has 6 heteroatoms. The minimum absolute atomic E-state index is 0.0718. The van der Waals surface area contributed by atoms with Crippen molar-refractivity contribution >= 4 is 0 Å². The van der Waals surface area contributed by atoms with Crippen LogP contribution >= 0.6 is 0 Å². The van der Waals surface area contributed by atoms with Gasteiger partial charge < -0.3 is 29.7 Å². The normalized spacial score (nSPS) is 11.4. The molecule has 0 atom stereocenters. The molecule has 0 saturated heterocycles. The molecule has 0 aliphatic heterocycles. The summed E-state index contributed by atoms with van der Waals surface area (Å²) in [5, 5.41) is 20.6. The minimum Gasteiger partial charge on any atom is -0.395 e. The van der Waals surface area contributed by atoms with Crippen LogP contribution in [0.4, 0.5) is 0 Å². The number of hydrogen-bond donors (Lipinski definition) is 3. The fraction of sp³-hybridized carbons (Fsp3) is 1.00. The summed E-state index contributed by atoms with van der Waals surface area (Å²) in [6.07, 6.45) is 2.24. The highest BCUT2D eigenvalue weighted by Gasteiger charge is 2.02. The fourth-order valence-corrected chi connectivity index (χ4v) is 1.31. The van der Waals surface area contributed by atoms with E-state index in [4.69, 9.17) is 24.4 Å². The van der Waals surface area contributed by atoms with Gasteiger partial charge in [0.1, 0.15) is 0 Å². The quantitative estimate of drug-likeness (QED) is 0.360. The Balaban J connectivity index is 3.02. The second kappa shape index (κ2) is 15.8. The Labute approximate surface area is 116 Å². The zero-order chi connectivity index (χ0) is 14.2. The Hall–Kier alpha value is -0.240. The predicted molar refractivity (Wildman–Crippen MR) is 73.3 cm³/mol. The van der Waals surface area contributed by atoms with Crippen LogP contribution in [0.2, 0.25) is 0 Å². The SMILES string of the molecule is CCCCOCCOCCOCCNC(CO)CO. The second-order valence-corrected chi connectivity index (χ2v) is 4.21. The van der Waals surface area contributed by atoms with Gasteiger partial charge in [-0.05, 0) is 6.42 Å². The molecule has 0 fully saturated rings. The predicted octanol–water partition coefficient (Wildman–Crippen LogP) is -0.221. The second-order valence-electron chi connectivity index (χ2n) is 4.21. The van der Waals surface area contributed by atoms with Crippen LogP contribution in [0.3, 0.4) is 0 Å². The van der Waals surface area contributed by atoms with Gasteiger partial charge in [-0.1, -0.05) is 13.3 Å². The van der Waals surface area contributed by atoms with E-state index in [2.05, 4.69) is 12.2 Å². The first kappa shape index (κ1) is 18.8. The van der Waals surface area contributed by atoms with Gasteiger partial charge in [0.15, 0.2) is 0 Å². The first-order chi connectivity index (χ1) is 9.35. The smallest absolute Gasteiger partial charge is 0.0701 e. The van der Waals surface area contributed by atoms with Crippen molar-refractivity contribution in [2.24, 2.45) is 0 Å². The van der Waals surface area contributed by atoms with Crippen LogP contribution in [0.1, 0.15) is 19.8 Å². The Bertz CT molecular complexity index is 167. The number of rotatable bonds is 15. The molecule has 6 nitrogen and oxygen atoms in total. The molecular weight excluding hydrogens is 250 g/mol. The lowest BCUT2D eigenvalue weighted by molar-refractivity contribution is 0.0139. The summed E-state index contributed by atoms with van der Waals surface area (Å²) in [7, 11) is 0. The summed E-state index contributed by atoms with van der Waals surface area (Å²) in [6.45, 7) is 6.27. The molecule has 0 unspecified atom stereocenters. The molecule has 0 heterocycles. The van der Waals surface area contributed by atoms with Crippen molar-refractivity contribution in [3.63, 3.8) is 0 Å². The number of aliphatic hydroxyl groups excluding tert-OH is 2. The van der Waals surface area contributed by atoms with Crippen molar-refractivity contribution in [1.29, 1.82) is 0 Å². The highest BCUT2D eigenvalue weighted by Crippen LogP contribution is 1.88. The monoisotopic (exact) mass is 279 g/mol. The highest BCUT2D eigenvalue weighted by molar-refractivity contribution is 4.62. The van der Waals surface area contributed by atoms with Gasteiger partial charge in [-0.25, -0.2) is 0 Å². The van der Waals surface area contributed by atoms with Crippen molar-refractivity contribution in [3.05, 3.63) is 0 Å². The Morgan fingerprint density at radius 3 is 1.89 bits per heavy atom. The van der Waals surface area contributed by atoms with Crippen molar-refractivity contribution in [3.8, 4) is 0 Å². The third kappa shape index (κ3) is 14.0. The van der Waals surface area contributed by atoms with Crippen molar-refractivity contribution in [2.75, 3.05) is 59.4 Å². The Morgan fingerprint density at radius 1 is 0.842 bits per heavy atom. The van der Waals surface area contributed by atoms with E-state index in [1.165, 1.54) is 0 Å². The van der Waals surface area contributed by atoms with Crippen molar-refractivity contribution in [1.82, 2.24) is 5.32 Å². The van der Waals surface area contributed by atoms with Crippen LogP contribution in [0.5, 0.6) is 0 Å². The lowest BCUT2D eigenvalue weighted by Crippen LogP contribution is -2.37. The minimum atomic E-state index is -0.264. The summed E-state index contributed by atoms with van der Waals surface area (Å²) in [5.41, 5.74) is 0. The van der Waals surface area contributed by atoms with Crippen LogP contribution in [0, 0.1) is 0 Å². The van der Waals surface area contributed by atoms with Crippen LogP contribution in [0.15, 0.2) is 0 Å². The molecule has 0 aliphatic rings. The van der Waals surface area contributed by atoms with Crippen molar-refractivity contribution in [2.45, 2.75) is 25.8 Å². The number of nitrogens with one attached hydrogen (secondary N) is 1. The maximum Gasteiger partial charge on any atom is 0.0701 e. The van der Waals surface area contributed by atoms with Gasteiger partial charge in [0.05, 0.1) is 52.3 Å². The lowest BCUT2D eigenvalue weighted by Gasteiger charge is -2.13. The number of hydrogen-bond acceptors (Lipinski definition) is 6. The summed E-state index contributed by atoms with van der Waals surface area (Å²) >= 11 is 0. The van der Waals surface area contributed by atoms with Gasteiger partial charge in [-0.3, -0.25) is 0 Å². The molecule has 19 heavy (non-hydrogen) atoms. The van der Waals surface area contributed by atoms with E-state index in [1.54, 1.807) is 0 Å². The molecule has 0 saturated carbocycles. The molecule has 0 amide bonds. The summed E-state index contributed by atoms with van der Waals surface area (Å²) in [4.78, 5) is 0. The summed E-state index contributed by atoms with van der Waals surface area (Å²) < 4.78 is 16.0. The molecule has 116 valence electrons. The lowest BCUT2D eigenvalue weighted by atomic mass is 10.3. The van der Waals surface area contributed by atoms with Crippen LogP contribution in [-0.4, -0.2) is 75.7 Å². The van der Waals surface area contributed by atoms with Crippen molar-refractivity contribution < 1.29 is 24.4 Å². The third-order valence-corrected chi connectivity index (χ3v) is 2.51. The van der Waals surface area contributed by atoms with E-state index in [-0.39, 0.29) is 19.3 Å². The molecule has 0 spiro atoms.